The van der Waals surface area contributed by atoms with Gasteiger partial charge in [0.15, 0.2) is 5.70 Å². The third kappa shape index (κ3) is 3.32. The summed E-state index contributed by atoms with van der Waals surface area (Å²) in [5.41, 5.74) is 2.79. The number of cyclic esters (lactones) is 1. The second-order valence-corrected chi connectivity index (χ2v) is 6.03. The molecule has 2 aromatic carbocycles. The summed E-state index contributed by atoms with van der Waals surface area (Å²) in [6, 6.07) is 12.2. The Labute approximate surface area is 150 Å². The van der Waals surface area contributed by atoms with Crippen molar-refractivity contribution in [2.75, 3.05) is 19.0 Å². The zero-order valence-corrected chi connectivity index (χ0v) is 14.6. The highest BCUT2D eigenvalue weighted by Gasteiger charge is 2.27. The number of carbonyl (C=O) groups is 1. The summed E-state index contributed by atoms with van der Waals surface area (Å²) in [7, 11) is 3.89. The molecule has 132 valence electrons. The highest BCUT2D eigenvalue weighted by Crippen LogP contribution is 2.26. The zero-order valence-electron chi connectivity index (χ0n) is 14.6. The first-order valence-corrected chi connectivity index (χ1v) is 7.91. The maximum atomic E-state index is 12.1. The molecule has 0 saturated carbocycles. The summed E-state index contributed by atoms with van der Waals surface area (Å²) in [5.74, 6) is -0.505. The minimum atomic E-state index is -0.581. The molecule has 0 aliphatic carbocycles. The Balaban J connectivity index is 1.94. The largest absolute Gasteiger partial charge is 0.402 e. The van der Waals surface area contributed by atoms with Crippen molar-refractivity contribution < 1.29 is 14.5 Å². The molecule has 0 amide bonds. The molecule has 1 heterocycles. The second-order valence-electron chi connectivity index (χ2n) is 6.03. The van der Waals surface area contributed by atoms with E-state index in [1.165, 1.54) is 6.07 Å². The lowest BCUT2D eigenvalue weighted by molar-refractivity contribution is -0.385. The number of anilines is 1. The summed E-state index contributed by atoms with van der Waals surface area (Å²) < 4.78 is 5.22. The van der Waals surface area contributed by atoms with Crippen LogP contribution in [0.15, 0.2) is 53.2 Å². The zero-order chi connectivity index (χ0) is 18.8. The third-order valence-electron chi connectivity index (χ3n) is 4.07. The van der Waals surface area contributed by atoms with E-state index in [0.717, 1.165) is 11.3 Å². The van der Waals surface area contributed by atoms with E-state index in [1.807, 2.05) is 43.3 Å². The smallest absolute Gasteiger partial charge is 0.363 e. The van der Waals surface area contributed by atoms with Crippen molar-refractivity contribution in [3.05, 3.63) is 75.0 Å². The molecule has 0 unspecified atom stereocenters. The van der Waals surface area contributed by atoms with Crippen molar-refractivity contribution in [1.29, 1.82) is 0 Å². The van der Waals surface area contributed by atoms with Gasteiger partial charge < -0.3 is 9.64 Å². The van der Waals surface area contributed by atoms with E-state index in [9.17, 15) is 14.9 Å². The molecule has 0 bridgehead atoms. The Morgan fingerprint density at radius 3 is 2.46 bits per heavy atom. The number of benzene rings is 2. The van der Waals surface area contributed by atoms with Crippen LogP contribution in [0.4, 0.5) is 11.4 Å². The molecular formula is C19H17N3O4. The minimum absolute atomic E-state index is 0.0436. The second kappa shape index (κ2) is 6.79. The average molecular weight is 351 g/mol. The predicted octanol–water partition coefficient (Wildman–Crippen LogP) is 3.31. The van der Waals surface area contributed by atoms with Crippen LogP contribution in [0.25, 0.3) is 6.08 Å². The first-order valence-electron chi connectivity index (χ1n) is 7.91. The van der Waals surface area contributed by atoms with Gasteiger partial charge in [0.05, 0.1) is 4.92 Å². The molecule has 1 aliphatic heterocycles. The number of hydrogen-bond acceptors (Lipinski definition) is 6. The number of nitrogens with zero attached hydrogens (tertiary/aromatic N) is 3. The summed E-state index contributed by atoms with van der Waals surface area (Å²) in [4.78, 5) is 28.9. The highest BCUT2D eigenvalue weighted by molar-refractivity contribution is 6.13. The number of esters is 1. The molecular weight excluding hydrogens is 334 g/mol. The lowest BCUT2D eigenvalue weighted by Gasteiger charge is -2.11. The average Bonchev–Trinajstić information content (AvgIpc) is 2.95. The van der Waals surface area contributed by atoms with Gasteiger partial charge in [0.2, 0.25) is 5.90 Å². The molecule has 7 heteroatoms. The summed E-state index contributed by atoms with van der Waals surface area (Å²) in [6.07, 6.45) is 1.63. The highest BCUT2D eigenvalue weighted by atomic mass is 16.6. The van der Waals surface area contributed by atoms with E-state index in [1.54, 1.807) is 25.1 Å². The number of carbonyl (C=O) groups excluding carboxylic acids is 1. The molecule has 7 nitrogen and oxygen atoms in total. The number of ether oxygens (including phenoxy) is 1. The monoisotopic (exact) mass is 351 g/mol. The number of nitro benzene ring substituents is 1. The van der Waals surface area contributed by atoms with Crippen molar-refractivity contribution >= 4 is 29.3 Å². The quantitative estimate of drug-likeness (QED) is 0.365. The molecule has 26 heavy (non-hydrogen) atoms. The summed E-state index contributed by atoms with van der Waals surface area (Å²) in [5, 5.41) is 11.1. The molecule has 1 aliphatic rings. The number of hydrogen-bond donors (Lipinski definition) is 0. The molecule has 0 aromatic heterocycles. The van der Waals surface area contributed by atoms with Gasteiger partial charge in [-0.1, -0.05) is 18.2 Å². The maximum absolute atomic E-state index is 12.1. The first-order chi connectivity index (χ1) is 12.4. The van der Waals surface area contributed by atoms with Crippen LogP contribution < -0.4 is 4.90 Å². The molecule has 0 radical (unpaired) electrons. The van der Waals surface area contributed by atoms with Gasteiger partial charge in [0.25, 0.3) is 5.69 Å². The van der Waals surface area contributed by atoms with E-state index < -0.39 is 10.9 Å². The fourth-order valence-corrected chi connectivity index (χ4v) is 2.60. The Bertz CT molecular complexity index is 944. The maximum Gasteiger partial charge on any atom is 0.363 e. The van der Waals surface area contributed by atoms with Gasteiger partial charge in [0, 0.05) is 37.0 Å². The van der Waals surface area contributed by atoms with Crippen molar-refractivity contribution in [1.82, 2.24) is 0 Å². The SMILES string of the molecule is Cc1c(C2=NC(=Cc3ccc(N(C)C)cc3)C(=O)O2)cccc1[N+](=O)[O-]. The van der Waals surface area contributed by atoms with Crippen LogP contribution in [0, 0.1) is 17.0 Å². The van der Waals surface area contributed by atoms with Crippen molar-refractivity contribution in [2.24, 2.45) is 4.99 Å². The van der Waals surface area contributed by atoms with Crippen LogP contribution in [0.1, 0.15) is 16.7 Å². The number of nitro groups is 1. The van der Waals surface area contributed by atoms with Gasteiger partial charge in [-0.15, -0.1) is 0 Å². The Morgan fingerprint density at radius 1 is 1.15 bits per heavy atom. The summed E-state index contributed by atoms with van der Waals surface area (Å²) in [6.45, 7) is 1.60. The van der Waals surface area contributed by atoms with E-state index >= 15 is 0 Å². The van der Waals surface area contributed by atoms with Crippen molar-refractivity contribution in [3.63, 3.8) is 0 Å². The van der Waals surface area contributed by atoms with Crippen molar-refractivity contribution in [2.45, 2.75) is 6.92 Å². The number of aliphatic imine (C=N–C) groups is 1. The Morgan fingerprint density at radius 2 is 1.85 bits per heavy atom. The third-order valence-corrected chi connectivity index (χ3v) is 4.07. The van der Waals surface area contributed by atoms with Gasteiger partial charge in [-0.2, -0.15) is 0 Å². The molecule has 0 fully saturated rings. The number of rotatable bonds is 4. The predicted molar refractivity (Wildman–Crippen MR) is 99.2 cm³/mol. The lowest BCUT2D eigenvalue weighted by Crippen LogP contribution is -2.08. The first kappa shape index (κ1) is 17.3. The standard InChI is InChI=1S/C19H17N3O4/c1-12-15(5-4-6-17(12)22(24)25)18-20-16(19(23)26-18)11-13-7-9-14(10-8-13)21(2)3/h4-11H,1-3H3. The van der Waals surface area contributed by atoms with E-state index in [0.29, 0.717) is 11.1 Å². The van der Waals surface area contributed by atoms with E-state index in [-0.39, 0.29) is 17.3 Å². The molecule has 0 N–H and O–H groups in total. The van der Waals surface area contributed by atoms with Gasteiger partial charge in [-0.25, -0.2) is 9.79 Å². The van der Waals surface area contributed by atoms with Gasteiger partial charge in [-0.05, 0) is 36.8 Å². The molecule has 3 rings (SSSR count). The van der Waals surface area contributed by atoms with E-state index in [2.05, 4.69) is 4.99 Å². The van der Waals surface area contributed by atoms with Gasteiger partial charge in [0.1, 0.15) is 0 Å². The molecule has 2 aromatic rings. The van der Waals surface area contributed by atoms with Crippen LogP contribution in [-0.2, 0) is 9.53 Å². The topological polar surface area (TPSA) is 85.0 Å². The van der Waals surface area contributed by atoms with Crippen LogP contribution in [-0.4, -0.2) is 30.9 Å². The van der Waals surface area contributed by atoms with Crippen LogP contribution in [0.5, 0.6) is 0 Å². The van der Waals surface area contributed by atoms with Crippen LogP contribution >= 0.6 is 0 Å². The fraction of sp³-hybridized carbons (Fsp3) is 0.158. The van der Waals surface area contributed by atoms with Crippen molar-refractivity contribution in [3.8, 4) is 0 Å². The molecule has 0 spiro atoms. The normalized spacial score (nSPS) is 15.0. The van der Waals surface area contributed by atoms with Crippen LogP contribution in [0.2, 0.25) is 0 Å². The summed E-state index contributed by atoms with van der Waals surface area (Å²) >= 11 is 0. The van der Waals surface area contributed by atoms with Gasteiger partial charge >= 0.3 is 5.97 Å². The van der Waals surface area contributed by atoms with Crippen LogP contribution in [0.3, 0.4) is 0 Å². The van der Waals surface area contributed by atoms with Gasteiger partial charge in [-0.3, -0.25) is 10.1 Å². The Kier molecular flexibility index (Phi) is 4.53. The minimum Gasteiger partial charge on any atom is -0.402 e. The fourth-order valence-electron chi connectivity index (χ4n) is 2.60. The Hall–Kier alpha value is -3.48. The molecule has 0 atom stereocenters. The van der Waals surface area contributed by atoms with E-state index in [4.69, 9.17) is 4.74 Å². The lowest BCUT2D eigenvalue weighted by atomic mass is 10.1. The molecule has 0 saturated heterocycles.